The van der Waals surface area contributed by atoms with E-state index in [2.05, 4.69) is 17.2 Å². The monoisotopic (exact) mass is 463 g/mol. The number of nitrogens with zero attached hydrogens (tertiary/aromatic N) is 1. The number of carbonyl (C=O) groups is 2. The fourth-order valence-electron chi connectivity index (χ4n) is 3.84. The van der Waals surface area contributed by atoms with Gasteiger partial charge in [0.1, 0.15) is 11.6 Å². The number of benzene rings is 1. The molecule has 7 heteroatoms. The molecule has 0 aliphatic heterocycles. The van der Waals surface area contributed by atoms with E-state index in [1.807, 2.05) is 37.3 Å². The average molecular weight is 464 g/mol. The lowest BCUT2D eigenvalue weighted by molar-refractivity contribution is -0.115. The van der Waals surface area contributed by atoms with Crippen LogP contribution in [0.1, 0.15) is 40.5 Å². The van der Waals surface area contributed by atoms with Gasteiger partial charge in [0.05, 0.1) is 19.2 Å². The molecule has 0 saturated carbocycles. The van der Waals surface area contributed by atoms with Crippen molar-refractivity contribution in [2.24, 2.45) is 5.92 Å². The number of hydrogen-bond acceptors (Lipinski definition) is 6. The molecule has 172 valence electrons. The standard InChI is InChI=1S/C26H29N3O3S/c1-4-33-21-10-5-18(6-11-21)16-24(30)29-23-15-17(2)25-22(28-23)12-8-19(26(25)31)7-9-20(32-3)13-14-27/h5-7,9-11,13-15,19,27H,4,8,12,16H2,1-3H3,(H,28,29,30)/b9-7+,20-13+,27-14?. The van der Waals surface area contributed by atoms with Crippen LogP contribution in [0.2, 0.25) is 0 Å². The molecular formula is C26H29N3O3S. The Morgan fingerprint density at radius 2 is 2.09 bits per heavy atom. The van der Waals surface area contributed by atoms with Crippen molar-refractivity contribution < 1.29 is 14.3 Å². The number of fused-ring (bicyclic) bond motifs is 1. The van der Waals surface area contributed by atoms with E-state index >= 15 is 0 Å². The highest BCUT2D eigenvalue weighted by Crippen LogP contribution is 2.29. The Morgan fingerprint density at radius 1 is 1.33 bits per heavy atom. The molecule has 1 aromatic heterocycles. The molecule has 0 bridgehead atoms. The third-order valence-corrected chi connectivity index (χ3v) is 6.30. The number of ether oxygens (including phenoxy) is 1. The third kappa shape index (κ3) is 6.42. The topological polar surface area (TPSA) is 92.1 Å². The second-order valence-electron chi connectivity index (χ2n) is 7.76. The lowest BCUT2D eigenvalue weighted by atomic mass is 9.83. The maximum atomic E-state index is 13.1. The van der Waals surface area contributed by atoms with Crippen LogP contribution in [0.5, 0.6) is 0 Å². The van der Waals surface area contributed by atoms with Crippen molar-refractivity contribution in [3.63, 3.8) is 0 Å². The summed E-state index contributed by atoms with van der Waals surface area (Å²) in [7, 11) is 1.53. The lowest BCUT2D eigenvalue weighted by Crippen LogP contribution is -2.24. The van der Waals surface area contributed by atoms with Crippen LogP contribution in [0.25, 0.3) is 0 Å². The molecule has 0 saturated heterocycles. The van der Waals surface area contributed by atoms with E-state index in [4.69, 9.17) is 10.1 Å². The molecule has 1 aromatic carbocycles. The van der Waals surface area contributed by atoms with Gasteiger partial charge in [0.25, 0.3) is 0 Å². The molecule has 2 N–H and O–H groups in total. The third-order valence-electron chi connectivity index (χ3n) is 5.41. The first kappa shape index (κ1) is 24.5. The quantitative estimate of drug-likeness (QED) is 0.232. The Hall–Kier alpha value is -3.19. The van der Waals surface area contributed by atoms with E-state index in [9.17, 15) is 9.59 Å². The molecule has 2 aromatic rings. The molecular weight excluding hydrogens is 434 g/mol. The summed E-state index contributed by atoms with van der Waals surface area (Å²) in [4.78, 5) is 31.4. The summed E-state index contributed by atoms with van der Waals surface area (Å²) in [6, 6.07) is 9.77. The minimum absolute atomic E-state index is 0.0192. The van der Waals surface area contributed by atoms with Gasteiger partial charge in [0.15, 0.2) is 5.78 Å². The number of hydrogen-bond donors (Lipinski definition) is 2. The number of methoxy groups -OCH3 is 1. The van der Waals surface area contributed by atoms with Gasteiger partial charge >= 0.3 is 0 Å². The predicted molar refractivity (Wildman–Crippen MR) is 133 cm³/mol. The zero-order valence-electron chi connectivity index (χ0n) is 19.2. The number of pyridine rings is 1. The first-order valence-corrected chi connectivity index (χ1v) is 11.9. The first-order valence-electron chi connectivity index (χ1n) is 10.9. The van der Waals surface area contributed by atoms with Crippen molar-refractivity contribution >= 4 is 35.5 Å². The van der Waals surface area contributed by atoms with Crippen LogP contribution in [0, 0.1) is 18.3 Å². The largest absolute Gasteiger partial charge is 0.497 e. The summed E-state index contributed by atoms with van der Waals surface area (Å²) in [5.74, 6) is 1.63. The molecule has 0 fully saturated rings. The van der Waals surface area contributed by atoms with Gasteiger partial charge in [-0.1, -0.05) is 25.1 Å². The second kappa shape index (κ2) is 11.6. The Bertz CT molecular complexity index is 1090. The van der Waals surface area contributed by atoms with Crippen molar-refractivity contribution in [3.05, 3.63) is 76.7 Å². The van der Waals surface area contributed by atoms with E-state index in [1.165, 1.54) is 18.1 Å². The number of aryl methyl sites for hydroxylation is 2. The van der Waals surface area contributed by atoms with Gasteiger partial charge in [-0.3, -0.25) is 9.59 Å². The Kier molecular flexibility index (Phi) is 8.60. The number of amides is 1. The van der Waals surface area contributed by atoms with E-state index in [1.54, 1.807) is 23.9 Å². The highest BCUT2D eigenvalue weighted by Gasteiger charge is 2.28. The summed E-state index contributed by atoms with van der Waals surface area (Å²) < 4.78 is 5.18. The number of allylic oxidation sites excluding steroid dienone is 3. The van der Waals surface area contributed by atoms with Crippen LogP contribution in [-0.4, -0.2) is 35.8 Å². The van der Waals surface area contributed by atoms with Crippen LogP contribution in [-0.2, 0) is 22.4 Å². The van der Waals surface area contributed by atoms with Gasteiger partial charge in [0, 0.05) is 22.6 Å². The van der Waals surface area contributed by atoms with E-state index in [0.29, 0.717) is 30.0 Å². The lowest BCUT2D eigenvalue weighted by Gasteiger charge is -2.23. The van der Waals surface area contributed by atoms with E-state index in [0.717, 1.165) is 28.8 Å². The maximum absolute atomic E-state index is 13.1. The number of aromatic nitrogens is 1. The summed E-state index contributed by atoms with van der Waals surface area (Å²) in [5.41, 5.74) is 3.11. The molecule has 33 heavy (non-hydrogen) atoms. The van der Waals surface area contributed by atoms with Crippen LogP contribution in [0.3, 0.4) is 0 Å². The fourth-order valence-corrected chi connectivity index (χ4v) is 4.50. The van der Waals surface area contributed by atoms with Crippen molar-refractivity contribution in [2.45, 2.75) is 38.0 Å². The Morgan fingerprint density at radius 3 is 2.76 bits per heavy atom. The zero-order valence-corrected chi connectivity index (χ0v) is 20.0. The van der Waals surface area contributed by atoms with Crippen LogP contribution in [0.4, 0.5) is 5.82 Å². The molecule has 6 nitrogen and oxygen atoms in total. The number of Topliss-reactive ketones (excluding diaryl/α,β-unsaturated/α-hetero) is 1. The van der Waals surface area contributed by atoms with Crippen molar-refractivity contribution in [3.8, 4) is 0 Å². The van der Waals surface area contributed by atoms with Gasteiger partial charge in [-0.2, -0.15) is 0 Å². The minimum Gasteiger partial charge on any atom is -0.497 e. The molecule has 1 aliphatic carbocycles. The van der Waals surface area contributed by atoms with Crippen molar-refractivity contribution in [1.82, 2.24) is 4.98 Å². The number of thioether (sulfide) groups is 1. The number of anilines is 1. The SMILES string of the molecule is CCSc1ccc(CC(=O)Nc2cc(C)c3c(n2)CCC(/C=C/C(=C\C=N)OC)C3=O)cc1. The molecule has 1 atom stereocenters. The predicted octanol–water partition coefficient (Wildman–Crippen LogP) is 5.16. The van der Waals surface area contributed by atoms with Gasteiger partial charge in [-0.15, -0.1) is 11.8 Å². The summed E-state index contributed by atoms with van der Waals surface area (Å²) in [6.45, 7) is 3.98. The van der Waals surface area contributed by atoms with Gasteiger partial charge in [-0.25, -0.2) is 4.98 Å². The summed E-state index contributed by atoms with van der Waals surface area (Å²) in [6.07, 6.45) is 7.77. The molecule has 3 rings (SSSR count). The number of rotatable bonds is 9. The minimum atomic E-state index is -0.267. The smallest absolute Gasteiger partial charge is 0.229 e. The van der Waals surface area contributed by atoms with Gasteiger partial charge < -0.3 is 15.5 Å². The first-order chi connectivity index (χ1) is 15.9. The molecule has 0 spiro atoms. The maximum Gasteiger partial charge on any atom is 0.229 e. The number of nitrogens with one attached hydrogen (secondary N) is 2. The van der Waals surface area contributed by atoms with E-state index < -0.39 is 0 Å². The summed E-state index contributed by atoms with van der Waals surface area (Å²) >= 11 is 1.77. The van der Waals surface area contributed by atoms with Crippen LogP contribution >= 0.6 is 11.8 Å². The van der Waals surface area contributed by atoms with Gasteiger partial charge in [0.2, 0.25) is 5.91 Å². The number of carbonyl (C=O) groups excluding carboxylic acids is 2. The molecule has 0 radical (unpaired) electrons. The zero-order chi connectivity index (χ0) is 23.8. The van der Waals surface area contributed by atoms with Crippen molar-refractivity contribution in [1.29, 1.82) is 5.41 Å². The Labute approximate surface area is 199 Å². The highest BCUT2D eigenvalue weighted by atomic mass is 32.2. The van der Waals surface area contributed by atoms with Crippen LogP contribution in [0.15, 0.2) is 59.2 Å². The second-order valence-corrected chi connectivity index (χ2v) is 9.09. The molecule has 1 heterocycles. The van der Waals surface area contributed by atoms with Crippen molar-refractivity contribution in [2.75, 3.05) is 18.2 Å². The van der Waals surface area contributed by atoms with Gasteiger partial charge in [-0.05, 0) is 67.0 Å². The average Bonchev–Trinajstić information content (AvgIpc) is 2.79. The molecule has 1 amide bonds. The highest BCUT2D eigenvalue weighted by molar-refractivity contribution is 7.99. The fraction of sp³-hybridized carbons (Fsp3) is 0.308. The molecule has 1 unspecified atom stereocenters. The normalized spacial score (nSPS) is 15.9. The molecule has 1 aliphatic rings. The van der Waals surface area contributed by atoms with E-state index in [-0.39, 0.29) is 24.0 Å². The summed E-state index contributed by atoms with van der Waals surface area (Å²) in [5, 5.41) is 10.0. The Balaban J connectivity index is 1.69. The van der Waals surface area contributed by atoms with Crippen LogP contribution < -0.4 is 5.32 Å². The number of ketones is 1.